The van der Waals surface area contributed by atoms with Gasteiger partial charge in [0.25, 0.3) is 5.89 Å². The average molecular weight is 275 g/mol. The van der Waals surface area contributed by atoms with E-state index in [1.807, 2.05) is 36.0 Å². The molecule has 1 aliphatic rings. The van der Waals surface area contributed by atoms with Gasteiger partial charge in [-0.15, -0.1) is 0 Å². The lowest BCUT2D eigenvalue weighted by Gasteiger charge is -2.17. The molecule has 1 saturated heterocycles. The van der Waals surface area contributed by atoms with Gasteiger partial charge in [-0.25, -0.2) is 0 Å². The zero-order chi connectivity index (χ0) is 13.1. The molecular weight excluding hydrogens is 258 g/mol. The maximum atomic E-state index is 5.59. The largest absolute Gasteiger partial charge is 0.334 e. The van der Waals surface area contributed by atoms with Crippen LogP contribution in [0.3, 0.4) is 0 Å². The molecule has 0 aliphatic carbocycles. The van der Waals surface area contributed by atoms with E-state index in [1.165, 1.54) is 18.6 Å². The number of hydrogen-bond acceptors (Lipinski definition) is 5. The molecule has 5 heteroatoms. The summed E-state index contributed by atoms with van der Waals surface area (Å²) in [6.45, 7) is 0.550. The van der Waals surface area contributed by atoms with E-state index in [0.29, 0.717) is 17.7 Å². The molecule has 1 aliphatic heterocycles. The van der Waals surface area contributed by atoms with Gasteiger partial charge in [0.05, 0.1) is 5.25 Å². The van der Waals surface area contributed by atoms with Crippen LogP contribution in [-0.4, -0.2) is 15.9 Å². The number of nitrogens with two attached hydrogens (primary N) is 1. The van der Waals surface area contributed by atoms with E-state index in [1.54, 1.807) is 0 Å². The smallest absolute Gasteiger partial charge is 0.257 e. The molecule has 1 aromatic heterocycles. The van der Waals surface area contributed by atoms with Crippen molar-refractivity contribution in [3.05, 3.63) is 35.7 Å². The summed E-state index contributed by atoms with van der Waals surface area (Å²) in [7, 11) is 0. The van der Waals surface area contributed by atoms with Crippen LogP contribution in [0.5, 0.6) is 0 Å². The Hall–Kier alpha value is -1.33. The third-order valence-corrected chi connectivity index (χ3v) is 4.72. The summed E-state index contributed by atoms with van der Waals surface area (Å²) in [6.07, 6.45) is 3.70. The molecule has 1 aromatic carbocycles. The average Bonchev–Trinajstić information content (AvgIpc) is 2.98. The van der Waals surface area contributed by atoms with Crippen molar-refractivity contribution in [1.29, 1.82) is 0 Å². The first-order valence-corrected chi connectivity index (χ1v) is 7.66. The van der Waals surface area contributed by atoms with Crippen molar-refractivity contribution >= 4 is 11.8 Å². The van der Waals surface area contributed by atoms with Gasteiger partial charge in [-0.2, -0.15) is 16.7 Å². The third kappa shape index (κ3) is 2.82. The zero-order valence-corrected chi connectivity index (χ0v) is 11.5. The van der Waals surface area contributed by atoms with Crippen molar-refractivity contribution in [2.75, 3.05) is 5.75 Å². The molecule has 3 rings (SSSR count). The van der Waals surface area contributed by atoms with E-state index in [2.05, 4.69) is 10.1 Å². The maximum Gasteiger partial charge on any atom is 0.257 e. The number of benzene rings is 1. The van der Waals surface area contributed by atoms with E-state index in [9.17, 15) is 0 Å². The van der Waals surface area contributed by atoms with Gasteiger partial charge >= 0.3 is 0 Å². The van der Waals surface area contributed by atoms with Crippen LogP contribution in [0, 0.1) is 0 Å². The normalized spacial score (nSPS) is 19.5. The lowest BCUT2D eigenvalue weighted by Crippen LogP contribution is -2.03. The van der Waals surface area contributed by atoms with Crippen LogP contribution in [0.2, 0.25) is 0 Å². The fourth-order valence-corrected chi connectivity index (χ4v) is 3.44. The van der Waals surface area contributed by atoms with Crippen LogP contribution >= 0.6 is 11.8 Å². The molecular formula is C14H17N3OS. The lowest BCUT2D eigenvalue weighted by atomic mass is 10.1. The van der Waals surface area contributed by atoms with Crippen LogP contribution < -0.4 is 5.73 Å². The van der Waals surface area contributed by atoms with Gasteiger partial charge in [0.2, 0.25) is 0 Å². The number of aromatic nitrogens is 2. The molecule has 2 heterocycles. The second-order valence-corrected chi connectivity index (χ2v) is 6.02. The Morgan fingerprint density at radius 3 is 2.79 bits per heavy atom. The first kappa shape index (κ1) is 12.7. The molecule has 2 aromatic rings. The van der Waals surface area contributed by atoms with Crippen molar-refractivity contribution in [1.82, 2.24) is 10.1 Å². The Morgan fingerprint density at radius 2 is 2.11 bits per heavy atom. The number of hydrogen-bond donors (Lipinski definition) is 1. The molecule has 0 spiro atoms. The van der Waals surface area contributed by atoms with Gasteiger partial charge in [-0.1, -0.05) is 23.7 Å². The monoisotopic (exact) mass is 275 g/mol. The summed E-state index contributed by atoms with van der Waals surface area (Å²) < 4.78 is 5.37. The highest BCUT2D eigenvalue weighted by atomic mass is 32.2. The first-order chi connectivity index (χ1) is 9.36. The second kappa shape index (κ2) is 5.75. The number of rotatable bonds is 3. The van der Waals surface area contributed by atoms with Crippen molar-refractivity contribution < 1.29 is 4.52 Å². The highest BCUT2D eigenvalue weighted by Crippen LogP contribution is 2.37. The standard InChI is InChI=1S/C14H17N3OS/c15-9-10-4-6-11(7-5-10)14-16-13(17-18-14)12-3-1-2-8-19-12/h4-7,12H,1-3,8-9,15H2. The van der Waals surface area contributed by atoms with Crippen LogP contribution in [0.1, 0.15) is 35.9 Å². The topological polar surface area (TPSA) is 64.9 Å². The molecule has 0 bridgehead atoms. The molecule has 1 unspecified atom stereocenters. The molecule has 0 saturated carbocycles. The SMILES string of the molecule is NCc1ccc(-c2nc(C3CCCCS3)no2)cc1. The Kier molecular flexibility index (Phi) is 3.84. The van der Waals surface area contributed by atoms with Gasteiger partial charge < -0.3 is 10.3 Å². The van der Waals surface area contributed by atoms with E-state index >= 15 is 0 Å². The quantitative estimate of drug-likeness (QED) is 0.932. The summed E-state index contributed by atoms with van der Waals surface area (Å²) in [5, 5.41) is 4.52. The minimum atomic E-state index is 0.398. The highest BCUT2D eigenvalue weighted by molar-refractivity contribution is 7.99. The summed E-state index contributed by atoms with van der Waals surface area (Å²) in [5.74, 6) is 2.63. The molecule has 19 heavy (non-hydrogen) atoms. The van der Waals surface area contributed by atoms with E-state index in [0.717, 1.165) is 23.4 Å². The summed E-state index contributed by atoms with van der Waals surface area (Å²) in [5.41, 5.74) is 7.64. The predicted molar refractivity (Wildman–Crippen MR) is 76.7 cm³/mol. The van der Waals surface area contributed by atoms with Crippen LogP contribution in [0.4, 0.5) is 0 Å². The first-order valence-electron chi connectivity index (χ1n) is 6.61. The van der Waals surface area contributed by atoms with Crippen LogP contribution in [-0.2, 0) is 6.54 Å². The highest BCUT2D eigenvalue weighted by Gasteiger charge is 2.21. The summed E-state index contributed by atoms with van der Waals surface area (Å²) >= 11 is 1.93. The van der Waals surface area contributed by atoms with Crippen LogP contribution in [0.15, 0.2) is 28.8 Å². The van der Waals surface area contributed by atoms with Crippen molar-refractivity contribution in [2.24, 2.45) is 5.73 Å². The Morgan fingerprint density at radius 1 is 1.26 bits per heavy atom. The Balaban J connectivity index is 1.79. The van der Waals surface area contributed by atoms with Gasteiger partial charge in [0.15, 0.2) is 5.82 Å². The molecule has 100 valence electrons. The molecule has 0 amide bonds. The Bertz CT molecular complexity index is 532. The van der Waals surface area contributed by atoms with Crippen molar-refractivity contribution in [3.63, 3.8) is 0 Å². The van der Waals surface area contributed by atoms with E-state index < -0.39 is 0 Å². The number of nitrogens with zero attached hydrogens (tertiary/aromatic N) is 2. The van der Waals surface area contributed by atoms with Gasteiger partial charge in [-0.3, -0.25) is 0 Å². The third-order valence-electron chi connectivity index (χ3n) is 3.35. The molecule has 0 radical (unpaired) electrons. The van der Waals surface area contributed by atoms with Gasteiger partial charge in [-0.05, 0) is 36.3 Å². The van der Waals surface area contributed by atoms with Crippen molar-refractivity contribution in [3.8, 4) is 11.5 Å². The van der Waals surface area contributed by atoms with Crippen molar-refractivity contribution in [2.45, 2.75) is 31.1 Å². The minimum absolute atomic E-state index is 0.398. The number of thioether (sulfide) groups is 1. The van der Waals surface area contributed by atoms with Crippen LogP contribution in [0.25, 0.3) is 11.5 Å². The fraction of sp³-hybridized carbons (Fsp3) is 0.429. The molecule has 2 N–H and O–H groups in total. The molecule has 1 atom stereocenters. The predicted octanol–water partition coefficient (Wildman–Crippen LogP) is 3.15. The van der Waals surface area contributed by atoms with Gasteiger partial charge in [0, 0.05) is 12.1 Å². The maximum absolute atomic E-state index is 5.59. The van der Waals surface area contributed by atoms with E-state index in [4.69, 9.17) is 10.3 Å². The second-order valence-electron chi connectivity index (χ2n) is 4.71. The zero-order valence-electron chi connectivity index (χ0n) is 10.7. The fourth-order valence-electron chi connectivity index (χ4n) is 2.21. The Labute approximate surface area is 116 Å². The summed E-state index contributed by atoms with van der Waals surface area (Å²) in [6, 6.07) is 7.95. The molecule has 1 fully saturated rings. The summed E-state index contributed by atoms with van der Waals surface area (Å²) in [4.78, 5) is 4.53. The van der Waals surface area contributed by atoms with E-state index in [-0.39, 0.29) is 0 Å². The minimum Gasteiger partial charge on any atom is -0.334 e. The van der Waals surface area contributed by atoms with Gasteiger partial charge in [0.1, 0.15) is 0 Å². The lowest BCUT2D eigenvalue weighted by molar-refractivity contribution is 0.420. The molecule has 4 nitrogen and oxygen atoms in total.